The standard InChI is InChI=1S/C24H17F3N4O3/c25-24(26,27)17-9-7-16(8-10-17)20-12-19(23(32)29-14-15-4-3-11-28-13-15)22(30-20)18-5-1-2-6-21(18)31(33)34/h1-13,30H,14H2,(H,29,32). The van der Waals surface area contributed by atoms with Crippen LogP contribution in [0.2, 0.25) is 0 Å². The highest BCUT2D eigenvalue weighted by atomic mass is 19.4. The minimum atomic E-state index is -4.48. The number of amides is 1. The molecule has 7 nitrogen and oxygen atoms in total. The van der Waals surface area contributed by atoms with Crippen molar-refractivity contribution >= 4 is 11.6 Å². The average molecular weight is 466 g/mol. The molecule has 4 rings (SSSR count). The molecule has 0 fully saturated rings. The number of nitrogens with one attached hydrogen (secondary N) is 2. The van der Waals surface area contributed by atoms with E-state index in [-0.39, 0.29) is 29.1 Å². The average Bonchev–Trinajstić information content (AvgIpc) is 3.28. The maximum absolute atomic E-state index is 13.1. The summed E-state index contributed by atoms with van der Waals surface area (Å²) < 4.78 is 38.8. The van der Waals surface area contributed by atoms with Gasteiger partial charge in [0.15, 0.2) is 0 Å². The molecular formula is C24H17F3N4O3. The number of nitro benzene ring substituents is 1. The molecule has 0 spiro atoms. The molecule has 0 aliphatic heterocycles. The largest absolute Gasteiger partial charge is 0.416 e. The van der Waals surface area contributed by atoms with E-state index >= 15 is 0 Å². The second kappa shape index (κ2) is 9.18. The Morgan fingerprint density at radius 1 is 1.06 bits per heavy atom. The maximum Gasteiger partial charge on any atom is 0.416 e. The zero-order chi connectivity index (χ0) is 24.3. The van der Waals surface area contributed by atoms with E-state index in [9.17, 15) is 28.1 Å². The van der Waals surface area contributed by atoms with Crippen LogP contribution in [0, 0.1) is 10.1 Å². The Morgan fingerprint density at radius 2 is 1.79 bits per heavy atom. The Labute approximate surface area is 191 Å². The number of pyridine rings is 1. The number of para-hydroxylation sites is 1. The van der Waals surface area contributed by atoms with Crippen LogP contribution in [0.5, 0.6) is 0 Å². The van der Waals surface area contributed by atoms with Crippen LogP contribution in [0.15, 0.2) is 79.1 Å². The fourth-order valence-electron chi connectivity index (χ4n) is 3.46. The van der Waals surface area contributed by atoms with Crippen LogP contribution in [-0.2, 0) is 12.7 Å². The van der Waals surface area contributed by atoms with Gasteiger partial charge in [0.1, 0.15) is 0 Å². The molecule has 34 heavy (non-hydrogen) atoms. The number of nitrogens with zero attached hydrogens (tertiary/aromatic N) is 2. The first kappa shape index (κ1) is 22.7. The smallest absolute Gasteiger partial charge is 0.354 e. The predicted molar refractivity (Wildman–Crippen MR) is 119 cm³/mol. The molecule has 2 heterocycles. The fraction of sp³-hybridized carbons (Fsp3) is 0.0833. The van der Waals surface area contributed by atoms with Crippen LogP contribution >= 0.6 is 0 Å². The van der Waals surface area contributed by atoms with E-state index in [0.29, 0.717) is 11.3 Å². The van der Waals surface area contributed by atoms with E-state index in [1.807, 2.05) is 0 Å². The van der Waals surface area contributed by atoms with Gasteiger partial charge < -0.3 is 10.3 Å². The zero-order valence-corrected chi connectivity index (χ0v) is 17.5. The van der Waals surface area contributed by atoms with Crippen molar-refractivity contribution < 1.29 is 22.9 Å². The number of aromatic nitrogens is 2. The van der Waals surface area contributed by atoms with Crippen molar-refractivity contribution in [3.8, 4) is 22.5 Å². The Balaban J connectivity index is 1.75. The molecule has 0 bridgehead atoms. The highest BCUT2D eigenvalue weighted by molar-refractivity contribution is 6.02. The summed E-state index contributed by atoms with van der Waals surface area (Å²) in [5.74, 6) is -0.508. The van der Waals surface area contributed by atoms with E-state index in [4.69, 9.17) is 0 Å². The first-order valence-electron chi connectivity index (χ1n) is 10.1. The maximum atomic E-state index is 13.1. The Kier molecular flexibility index (Phi) is 6.13. The SMILES string of the molecule is O=C(NCc1cccnc1)c1cc(-c2ccc(C(F)(F)F)cc2)[nH]c1-c1ccccc1[N+](=O)[O-]. The monoisotopic (exact) mass is 466 g/mol. The summed E-state index contributed by atoms with van der Waals surface area (Å²) in [6, 6.07) is 15.3. The summed E-state index contributed by atoms with van der Waals surface area (Å²) >= 11 is 0. The van der Waals surface area contributed by atoms with Crippen molar-refractivity contribution in [2.24, 2.45) is 0 Å². The lowest BCUT2D eigenvalue weighted by atomic mass is 10.0. The van der Waals surface area contributed by atoms with Crippen LogP contribution in [0.1, 0.15) is 21.5 Å². The third-order valence-electron chi connectivity index (χ3n) is 5.13. The summed E-state index contributed by atoms with van der Waals surface area (Å²) in [6.45, 7) is 0.170. The summed E-state index contributed by atoms with van der Waals surface area (Å²) in [7, 11) is 0. The van der Waals surface area contributed by atoms with Gasteiger partial charge in [-0.1, -0.05) is 30.3 Å². The molecule has 1 amide bonds. The summed E-state index contributed by atoms with van der Waals surface area (Å²) in [5.41, 5.74) is 0.936. The van der Waals surface area contributed by atoms with Crippen LogP contribution in [0.25, 0.3) is 22.5 Å². The van der Waals surface area contributed by atoms with Gasteiger partial charge in [0.05, 0.1) is 27.3 Å². The molecule has 0 saturated heterocycles. The van der Waals surface area contributed by atoms with Crippen LogP contribution in [-0.4, -0.2) is 20.8 Å². The molecule has 2 aromatic carbocycles. The number of benzene rings is 2. The fourth-order valence-corrected chi connectivity index (χ4v) is 3.46. The quantitative estimate of drug-likeness (QED) is 0.285. The summed E-state index contributed by atoms with van der Waals surface area (Å²) in [6.07, 6.45) is -1.30. The second-order valence-electron chi connectivity index (χ2n) is 7.37. The molecule has 172 valence electrons. The lowest BCUT2D eigenvalue weighted by Crippen LogP contribution is -2.23. The van der Waals surface area contributed by atoms with Gasteiger partial charge in [-0.25, -0.2) is 0 Å². The van der Waals surface area contributed by atoms with E-state index in [1.54, 1.807) is 30.6 Å². The van der Waals surface area contributed by atoms with E-state index < -0.39 is 22.6 Å². The summed E-state index contributed by atoms with van der Waals surface area (Å²) in [4.78, 5) is 31.0. The number of carbonyl (C=O) groups excluding carboxylic acids is 1. The molecule has 0 aliphatic carbocycles. The van der Waals surface area contributed by atoms with Crippen molar-refractivity contribution in [1.82, 2.24) is 15.3 Å². The molecule has 0 radical (unpaired) electrons. The number of aromatic amines is 1. The third-order valence-corrected chi connectivity index (χ3v) is 5.13. The zero-order valence-electron chi connectivity index (χ0n) is 17.5. The predicted octanol–water partition coefficient (Wildman–Crippen LogP) is 5.60. The number of hydrogen-bond acceptors (Lipinski definition) is 4. The van der Waals surface area contributed by atoms with Crippen molar-refractivity contribution in [3.63, 3.8) is 0 Å². The number of H-pyrrole nitrogens is 1. The van der Waals surface area contributed by atoms with Crippen LogP contribution in [0.4, 0.5) is 18.9 Å². The van der Waals surface area contributed by atoms with Gasteiger partial charge in [0, 0.05) is 30.7 Å². The van der Waals surface area contributed by atoms with Crippen molar-refractivity contribution in [2.45, 2.75) is 12.7 Å². The first-order chi connectivity index (χ1) is 16.2. The topological polar surface area (TPSA) is 101 Å². The van der Waals surface area contributed by atoms with Crippen LogP contribution in [0.3, 0.4) is 0 Å². The Bertz CT molecular complexity index is 1330. The Morgan fingerprint density at radius 3 is 2.44 bits per heavy atom. The highest BCUT2D eigenvalue weighted by Crippen LogP contribution is 2.36. The van der Waals surface area contributed by atoms with E-state index in [2.05, 4.69) is 15.3 Å². The van der Waals surface area contributed by atoms with Crippen molar-refractivity contribution in [1.29, 1.82) is 0 Å². The van der Waals surface area contributed by atoms with Crippen molar-refractivity contribution in [3.05, 3.63) is 106 Å². The molecule has 0 unspecified atom stereocenters. The van der Waals surface area contributed by atoms with E-state index in [1.165, 1.54) is 36.4 Å². The van der Waals surface area contributed by atoms with Gasteiger partial charge in [-0.2, -0.15) is 13.2 Å². The molecule has 4 aromatic rings. The normalized spacial score (nSPS) is 11.3. The molecule has 0 atom stereocenters. The van der Waals surface area contributed by atoms with Gasteiger partial charge in [0.25, 0.3) is 11.6 Å². The Hall–Kier alpha value is -4.47. The number of carbonyl (C=O) groups is 1. The lowest BCUT2D eigenvalue weighted by molar-refractivity contribution is -0.384. The minimum Gasteiger partial charge on any atom is -0.354 e. The number of alkyl halides is 3. The number of rotatable bonds is 6. The molecule has 0 aliphatic rings. The van der Waals surface area contributed by atoms with Gasteiger partial charge in [-0.05, 0) is 41.5 Å². The first-order valence-corrected chi connectivity index (χ1v) is 10.1. The van der Waals surface area contributed by atoms with E-state index in [0.717, 1.165) is 17.7 Å². The van der Waals surface area contributed by atoms with Crippen molar-refractivity contribution in [2.75, 3.05) is 0 Å². The molecule has 2 aromatic heterocycles. The lowest BCUT2D eigenvalue weighted by Gasteiger charge is -2.07. The number of hydrogen-bond donors (Lipinski definition) is 2. The number of halogens is 3. The summed E-state index contributed by atoms with van der Waals surface area (Å²) in [5, 5.41) is 14.3. The third kappa shape index (κ3) is 4.80. The molecule has 2 N–H and O–H groups in total. The molecule has 0 saturated carbocycles. The molecule has 10 heteroatoms. The van der Waals surface area contributed by atoms with Gasteiger partial charge >= 0.3 is 6.18 Å². The van der Waals surface area contributed by atoms with Gasteiger partial charge in [0.2, 0.25) is 0 Å². The number of nitro groups is 1. The second-order valence-corrected chi connectivity index (χ2v) is 7.37. The minimum absolute atomic E-state index is 0.119. The van der Waals surface area contributed by atoms with Crippen LogP contribution < -0.4 is 5.32 Å². The van der Waals surface area contributed by atoms with Gasteiger partial charge in [-0.3, -0.25) is 19.9 Å². The molecular weight excluding hydrogens is 449 g/mol. The highest BCUT2D eigenvalue weighted by Gasteiger charge is 2.30. The van der Waals surface area contributed by atoms with Gasteiger partial charge in [-0.15, -0.1) is 0 Å².